The lowest BCUT2D eigenvalue weighted by Crippen LogP contribution is -2.43. The Balaban J connectivity index is 3.20. The Morgan fingerprint density at radius 2 is 2.05 bits per heavy atom. The van der Waals surface area contributed by atoms with Gasteiger partial charge < -0.3 is 18.9 Å². The molecular weight excluding hydrogens is 285 g/mol. The molecule has 0 spiro atoms. The van der Waals surface area contributed by atoms with Crippen molar-refractivity contribution in [2.45, 2.75) is 18.7 Å². The summed E-state index contributed by atoms with van der Waals surface area (Å²) in [6.07, 6.45) is 1.15. The third-order valence-electron chi connectivity index (χ3n) is 2.69. The Morgan fingerprint density at radius 1 is 1.40 bits per heavy atom. The second-order valence-electron chi connectivity index (χ2n) is 3.90. The van der Waals surface area contributed by atoms with Crippen LogP contribution in [0.3, 0.4) is 0 Å². The molecule has 1 rings (SSSR count). The normalized spacial score (nSPS) is 14.6. The molecule has 0 saturated carbocycles. The molecule has 1 atom stereocenters. The van der Waals surface area contributed by atoms with Crippen LogP contribution in [-0.2, 0) is 29.6 Å². The highest BCUT2D eigenvalue weighted by Crippen LogP contribution is 2.59. The van der Waals surface area contributed by atoms with Gasteiger partial charge in [-0.1, -0.05) is 6.07 Å². The molecule has 1 N–H and O–H groups in total. The van der Waals surface area contributed by atoms with E-state index in [0.717, 1.165) is 14.2 Å². The highest BCUT2D eigenvalue weighted by Gasteiger charge is 2.56. The van der Waals surface area contributed by atoms with Crippen LogP contribution in [0.5, 0.6) is 0 Å². The number of esters is 1. The van der Waals surface area contributed by atoms with Gasteiger partial charge in [-0.05, 0) is 19.1 Å². The van der Waals surface area contributed by atoms with Crippen LogP contribution in [0.1, 0.15) is 12.6 Å². The van der Waals surface area contributed by atoms with Crippen molar-refractivity contribution in [3.8, 4) is 0 Å². The van der Waals surface area contributed by atoms with Crippen LogP contribution in [0.4, 0.5) is 0 Å². The van der Waals surface area contributed by atoms with Crippen LogP contribution in [0.15, 0.2) is 24.4 Å². The number of carbonyl (C=O) groups is 1. The van der Waals surface area contributed by atoms with E-state index in [1.54, 1.807) is 25.1 Å². The Morgan fingerprint density at radius 3 is 2.50 bits per heavy atom. The molecule has 1 aromatic rings. The first-order valence-electron chi connectivity index (χ1n) is 5.94. The molecule has 7 nitrogen and oxygen atoms in total. The maximum atomic E-state index is 12.5. The van der Waals surface area contributed by atoms with E-state index < -0.39 is 18.9 Å². The molecule has 1 unspecified atom stereocenters. The van der Waals surface area contributed by atoms with E-state index in [1.165, 1.54) is 6.20 Å². The zero-order valence-corrected chi connectivity index (χ0v) is 12.5. The Labute approximate surface area is 117 Å². The summed E-state index contributed by atoms with van der Waals surface area (Å²) in [6, 6.07) is 4.94. The molecule has 0 amide bonds. The van der Waals surface area contributed by atoms with Crippen molar-refractivity contribution in [3.05, 3.63) is 30.1 Å². The fourth-order valence-corrected chi connectivity index (χ4v) is 3.06. The Kier molecular flexibility index (Phi) is 5.83. The maximum absolute atomic E-state index is 12.5. The summed E-state index contributed by atoms with van der Waals surface area (Å²) in [6.45, 7) is 1.60. The summed E-state index contributed by atoms with van der Waals surface area (Å²) in [4.78, 5) is 16.0. The first-order chi connectivity index (χ1) is 9.43. The van der Waals surface area contributed by atoms with Gasteiger partial charge in [-0.15, -0.1) is 0 Å². The topological polar surface area (TPSA) is 95.0 Å². The largest absolute Gasteiger partial charge is 0.463 e. The maximum Gasteiger partial charge on any atom is 0.373 e. The number of aliphatic hydroxyl groups is 1. The minimum absolute atomic E-state index is 0.0246. The van der Waals surface area contributed by atoms with Gasteiger partial charge >= 0.3 is 13.6 Å². The second kappa shape index (κ2) is 6.95. The number of ether oxygens (including phenoxy) is 1. The Hall–Kier alpha value is -1.27. The fraction of sp³-hybridized carbons (Fsp3) is 0.500. The van der Waals surface area contributed by atoms with Gasteiger partial charge in [-0.25, -0.2) is 4.79 Å². The number of hydrogen-bond acceptors (Lipinski definition) is 7. The number of nitrogens with zero attached hydrogens (tertiary/aromatic N) is 1. The van der Waals surface area contributed by atoms with Crippen LogP contribution < -0.4 is 0 Å². The molecule has 0 aliphatic carbocycles. The van der Waals surface area contributed by atoms with Crippen molar-refractivity contribution in [2.75, 3.05) is 20.8 Å². The van der Waals surface area contributed by atoms with Gasteiger partial charge in [0.2, 0.25) is 0 Å². The standard InChI is InChI=1S/C12H18NO6P/c1-4-19-11(14)12(15,20(16,17-2)18-3)9-10-7-5-6-8-13-10/h5-8,15H,4,9H2,1-3H3. The number of hydrogen-bond donors (Lipinski definition) is 1. The van der Waals surface area contributed by atoms with Crippen molar-refractivity contribution in [3.63, 3.8) is 0 Å². The predicted octanol–water partition coefficient (Wildman–Crippen LogP) is 1.36. The van der Waals surface area contributed by atoms with Crippen molar-refractivity contribution in [2.24, 2.45) is 0 Å². The number of pyridine rings is 1. The number of carbonyl (C=O) groups excluding carboxylic acids is 1. The molecule has 0 bridgehead atoms. The third-order valence-corrected chi connectivity index (χ3v) is 4.90. The average molecular weight is 303 g/mol. The van der Waals surface area contributed by atoms with E-state index in [-0.39, 0.29) is 13.0 Å². The van der Waals surface area contributed by atoms with Crippen LogP contribution in [0.2, 0.25) is 0 Å². The van der Waals surface area contributed by atoms with Crippen LogP contribution in [0, 0.1) is 0 Å². The number of aromatic nitrogens is 1. The molecule has 0 fully saturated rings. The molecular formula is C12H18NO6P. The van der Waals surface area contributed by atoms with E-state index in [9.17, 15) is 14.5 Å². The van der Waals surface area contributed by atoms with Gasteiger partial charge in [0.05, 0.1) is 6.61 Å². The van der Waals surface area contributed by atoms with Gasteiger partial charge in [-0.2, -0.15) is 0 Å². The van der Waals surface area contributed by atoms with Gasteiger partial charge in [0.15, 0.2) is 0 Å². The van der Waals surface area contributed by atoms with Gasteiger partial charge in [0.25, 0.3) is 5.34 Å². The van der Waals surface area contributed by atoms with Crippen molar-refractivity contribution < 1.29 is 28.3 Å². The summed E-state index contributed by atoms with van der Waals surface area (Å²) in [5, 5.41) is 8.11. The molecule has 1 heterocycles. The molecule has 8 heteroatoms. The summed E-state index contributed by atoms with van der Waals surface area (Å²) in [5.41, 5.74) is 0.359. The molecule has 0 radical (unpaired) electrons. The molecule has 0 aliphatic rings. The lowest BCUT2D eigenvalue weighted by atomic mass is 10.2. The second-order valence-corrected chi connectivity index (χ2v) is 6.36. The molecule has 0 aliphatic heterocycles. The Bertz CT molecular complexity index is 486. The van der Waals surface area contributed by atoms with E-state index in [0.29, 0.717) is 5.69 Å². The van der Waals surface area contributed by atoms with Crippen LogP contribution in [-0.4, -0.2) is 42.2 Å². The van der Waals surface area contributed by atoms with E-state index in [4.69, 9.17) is 13.8 Å². The van der Waals surface area contributed by atoms with Crippen LogP contribution in [0.25, 0.3) is 0 Å². The zero-order valence-electron chi connectivity index (χ0n) is 11.6. The summed E-state index contributed by atoms with van der Waals surface area (Å²) in [7, 11) is -1.93. The first kappa shape index (κ1) is 16.8. The molecule has 112 valence electrons. The highest BCUT2D eigenvalue weighted by atomic mass is 31.2. The van der Waals surface area contributed by atoms with Gasteiger partial charge in [-0.3, -0.25) is 9.55 Å². The van der Waals surface area contributed by atoms with Gasteiger partial charge in [0, 0.05) is 32.5 Å². The average Bonchev–Trinajstić information content (AvgIpc) is 2.47. The molecule has 1 aromatic heterocycles. The van der Waals surface area contributed by atoms with E-state index in [2.05, 4.69) is 4.98 Å². The molecule has 0 aromatic carbocycles. The van der Waals surface area contributed by atoms with E-state index in [1.807, 2.05) is 0 Å². The van der Waals surface area contributed by atoms with Crippen molar-refractivity contribution >= 4 is 13.6 Å². The quantitative estimate of drug-likeness (QED) is 0.600. The zero-order chi connectivity index (χ0) is 15.2. The van der Waals surface area contributed by atoms with Crippen LogP contribution >= 0.6 is 7.60 Å². The lowest BCUT2D eigenvalue weighted by Gasteiger charge is -2.30. The van der Waals surface area contributed by atoms with Crippen molar-refractivity contribution in [1.29, 1.82) is 0 Å². The molecule has 0 saturated heterocycles. The predicted molar refractivity (Wildman–Crippen MR) is 71.1 cm³/mol. The van der Waals surface area contributed by atoms with Gasteiger partial charge in [0.1, 0.15) is 0 Å². The summed E-state index contributed by atoms with van der Waals surface area (Å²) < 4.78 is 26.7. The van der Waals surface area contributed by atoms with Crippen molar-refractivity contribution in [1.82, 2.24) is 4.98 Å². The third kappa shape index (κ3) is 3.24. The summed E-state index contributed by atoms with van der Waals surface area (Å²) in [5.74, 6) is -1.07. The number of rotatable bonds is 7. The first-order valence-corrected chi connectivity index (χ1v) is 7.49. The highest BCUT2D eigenvalue weighted by molar-refractivity contribution is 7.56. The summed E-state index contributed by atoms with van der Waals surface area (Å²) >= 11 is 0. The van der Waals surface area contributed by atoms with E-state index >= 15 is 0 Å². The smallest absolute Gasteiger partial charge is 0.373 e. The monoisotopic (exact) mass is 303 g/mol. The lowest BCUT2D eigenvalue weighted by molar-refractivity contribution is -0.158. The minimum Gasteiger partial charge on any atom is -0.463 e. The SMILES string of the molecule is CCOC(=O)C(O)(Cc1ccccn1)P(=O)(OC)OC. The minimum atomic E-state index is -4.11. The fourth-order valence-electron chi connectivity index (χ4n) is 1.66. The molecule has 20 heavy (non-hydrogen) atoms.